The van der Waals surface area contributed by atoms with E-state index in [1.54, 1.807) is 0 Å². The molecule has 0 saturated heterocycles. The fraction of sp³-hybridized carbons (Fsp3) is 1.00. The molecule has 0 bridgehead atoms. The molecule has 0 amide bonds. The van der Waals surface area contributed by atoms with Crippen molar-refractivity contribution in [1.29, 1.82) is 0 Å². The SMILES string of the molecule is CCC(C)(CC)OC(C)(CC)CC. The standard InChI is InChI=1S/C12H26O/c1-7-11(5,8-2)13-12(6,9-3)10-4/h7-10H2,1-6H3. The molecule has 0 aliphatic heterocycles. The van der Waals surface area contributed by atoms with Gasteiger partial charge in [0.15, 0.2) is 0 Å². The lowest BCUT2D eigenvalue weighted by atomic mass is 9.94. The Hall–Kier alpha value is -0.0400. The van der Waals surface area contributed by atoms with Crippen LogP contribution in [0.4, 0.5) is 0 Å². The Kier molecular flexibility index (Phi) is 4.98. The molecule has 0 spiro atoms. The molecular weight excluding hydrogens is 160 g/mol. The van der Waals surface area contributed by atoms with Crippen molar-refractivity contribution in [3.63, 3.8) is 0 Å². The molecule has 0 heterocycles. The second kappa shape index (κ2) is 4.99. The third-order valence-corrected chi connectivity index (χ3v) is 3.48. The van der Waals surface area contributed by atoms with E-state index in [1.165, 1.54) is 0 Å². The van der Waals surface area contributed by atoms with Crippen LogP contribution in [0.2, 0.25) is 0 Å². The van der Waals surface area contributed by atoms with Gasteiger partial charge in [0.25, 0.3) is 0 Å². The largest absolute Gasteiger partial charge is 0.369 e. The van der Waals surface area contributed by atoms with Gasteiger partial charge in [-0.3, -0.25) is 0 Å². The molecule has 0 aromatic rings. The molecule has 0 aliphatic carbocycles. The first kappa shape index (κ1) is 13.0. The highest BCUT2D eigenvalue weighted by Crippen LogP contribution is 2.30. The maximum absolute atomic E-state index is 6.22. The van der Waals surface area contributed by atoms with Crippen LogP contribution in [0.1, 0.15) is 67.2 Å². The van der Waals surface area contributed by atoms with E-state index in [2.05, 4.69) is 41.5 Å². The zero-order chi connectivity index (χ0) is 10.5. The minimum absolute atomic E-state index is 0.0702. The number of hydrogen-bond acceptors (Lipinski definition) is 1. The molecule has 13 heavy (non-hydrogen) atoms. The van der Waals surface area contributed by atoms with Gasteiger partial charge in [-0.25, -0.2) is 0 Å². The molecule has 0 aliphatic rings. The summed E-state index contributed by atoms with van der Waals surface area (Å²) >= 11 is 0. The van der Waals surface area contributed by atoms with Crippen molar-refractivity contribution in [3.05, 3.63) is 0 Å². The van der Waals surface area contributed by atoms with Crippen LogP contribution in [0.25, 0.3) is 0 Å². The number of ether oxygens (including phenoxy) is 1. The molecule has 0 N–H and O–H groups in total. The summed E-state index contributed by atoms with van der Waals surface area (Å²) < 4.78 is 6.22. The summed E-state index contributed by atoms with van der Waals surface area (Å²) in [4.78, 5) is 0. The minimum atomic E-state index is 0.0702. The smallest absolute Gasteiger partial charge is 0.0656 e. The van der Waals surface area contributed by atoms with Gasteiger partial charge >= 0.3 is 0 Å². The van der Waals surface area contributed by atoms with E-state index in [0.717, 1.165) is 25.7 Å². The lowest BCUT2D eigenvalue weighted by molar-refractivity contribution is -0.146. The van der Waals surface area contributed by atoms with Crippen LogP contribution in [0.5, 0.6) is 0 Å². The van der Waals surface area contributed by atoms with Gasteiger partial charge in [0.05, 0.1) is 11.2 Å². The van der Waals surface area contributed by atoms with Gasteiger partial charge in [0, 0.05) is 0 Å². The van der Waals surface area contributed by atoms with Crippen LogP contribution in [-0.2, 0) is 4.74 Å². The van der Waals surface area contributed by atoms with E-state index < -0.39 is 0 Å². The molecule has 0 saturated carbocycles. The second-order valence-corrected chi connectivity index (χ2v) is 4.42. The van der Waals surface area contributed by atoms with E-state index in [1.807, 2.05) is 0 Å². The van der Waals surface area contributed by atoms with Gasteiger partial charge in [0.2, 0.25) is 0 Å². The highest BCUT2D eigenvalue weighted by atomic mass is 16.5. The van der Waals surface area contributed by atoms with Crippen LogP contribution in [0.3, 0.4) is 0 Å². The van der Waals surface area contributed by atoms with E-state index in [0.29, 0.717) is 0 Å². The van der Waals surface area contributed by atoms with Gasteiger partial charge in [-0.2, -0.15) is 0 Å². The Labute approximate surface area is 83.9 Å². The third kappa shape index (κ3) is 3.68. The van der Waals surface area contributed by atoms with Crippen molar-refractivity contribution >= 4 is 0 Å². The normalized spacial score (nSPS) is 13.4. The Bertz CT molecular complexity index is 116. The maximum atomic E-state index is 6.22. The lowest BCUT2D eigenvalue weighted by Crippen LogP contribution is -2.39. The van der Waals surface area contributed by atoms with Gasteiger partial charge in [0.1, 0.15) is 0 Å². The topological polar surface area (TPSA) is 9.23 Å². The Balaban J connectivity index is 4.36. The zero-order valence-electron chi connectivity index (χ0n) is 10.2. The van der Waals surface area contributed by atoms with Crippen LogP contribution in [0.15, 0.2) is 0 Å². The van der Waals surface area contributed by atoms with Crippen LogP contribution in [-0.4, -0.2) is 11.2 Å². The summed E-state index contributed by atoms with van der Waals surface area (Å²) in [6.45, 7) is 13.3. The summed E-state index contributed by atoms with van der Waals surface area (Å²) in [5, 5.41) is 0. The monoisotopic (exact) mass is 186 g/mol. The van der Waals surface area contributed by atoms with Gasteiger partial charge in [-0.1, -0.05) is 27.7 Å². The van der Waals surface area contributed by atoms with E-state index in [-0.39, 0.29) is 11.2 Å². The molecule has 0 aromatic heterocycles. The summed E-state index contributed by atoms with van der Waals surface area (Å²) in [6.07, 6.45) is 4.39. The molecule has 0 atom stereocenters. The van der Waals surface area contributed by atoms with Crippen molar-refractivity contribution in [3.8, 4) is 0 Å². The van der Waals surface area contributed by atoms with Crippen molar-refractivity contribution in [2.24, 2.45) is 0 Å². The van der Waals surface area contributed by atoms with E-state index >= 15 is 0 Å². The van der Waals surface area contributed by atoms with Crippen molar-refractivity contribution in [1.82, 2.24) is 0 Å². The highest BCUT2D eigenvalue weighted by Gasteiger charge is 2.30. The van der Waals surface area contributed by atoms with Crippen LogP contribution in [0, 0.1) is 0 Å². The van der Waals surface area contributed by atoms with Crippen LogP contribution >= 0.6 is 0 Å². The molecular formula is C12H26O. The Morgan fingerprint density at radius 1 is 0.692 bits per heavy atom. The van der Waals surface area contributed by atoms with E-state index in [4.69, 9.17) is 4.74 Å². The molecule has 0 fully saturated rings. The first-order valence-electron chi connectivity index (χ1n) is 5.65. The molecule has 0 unspecified atom stereocenters. The fourth-order valence-electron chi connectivity index (χ4n) is 1.38. The third-order valence-electron chi connectivity index (χ3n) is 3.48. The first-order chi connectivity index (χ1) is 5.95. The van der Waals surface area contributed by atoms with E-state index in [9.17, 15) is 0 Å². The summed E-state index contributed by atoms with van der Waals surface area (Å²) in [5.41, 5.74) is 0.140. The quantitative estimate of drug-likeness (QED) is 0.605. The average molecular weight is 186 g/mol. The summed E-state index contributed by atoms with van der Waals surface area (Å²) in [5.74, 6) is 0. The first-order valence-corrected chi connectivity index (χ1v) is 5.65. The van der Waals surface area contributed by atoms with Gasteiger partial charge in [-0.05, 0) is 39.5 Å². The molecule has 1 heteroatoms. The predicted octanol–water partition coefficient (Wildman–Crippen LogP) is 4.16. The van der Waals surface area contributed by atoms with Crippen molar-refractivity contribution in [2.45, 2.75) is 78.4 Å². The molecule has 0 radical (unpaired) electrons. The average Bonchev–Trinajstić information content (AvgIpc) is 2.17. The predicted molar refractivity (Wildman–Crippen MR) is 59.1 cm³/mol. The Morgan fingerprint density at radius 2 is 0.923 bits per heavy atom. The number of hydrogen-bond donors (Lipinski definition) is 0. The Morgan fingerprint density at radius 3 is 1.08 bits per heavy atom. The van der Waals surface area contributed by atoms with Crippen LogP contribution < -0.4 is 0 Å². The second-order valence-electron chi connectivity index (χ2n) is 4.42. The number of rotatable bonds is 6. The maximum Gasteiger partial charge on any atom is 0.0656 e. The fourth-order valence-corrected chi connectivity index (χ4v) is 1.38. The molecule has 80 valence electrons. The molecule has 0 aromatic carbocycles. The van der Waals surface area contributed by atoms with Crippen molar-refractivity contribution < 1.29 is 4.74 Å². The summed E-state index contributed by atoms with van der Waals surface area (Å²) in [7, 11) is 0. The zero-order valence-corrected chi connectivity index (χ0v) is 10.2. The summed E-state index contributed by atoms with van der Waals surface area (Å²) in [6, 6.07) is 0. The van der Waals surface area contributed by atoms with Gasteiger partial charge < -0.3 is 4.74 Å². The van der Waals surface area contributed by atoms with Gasteiger partial charge in [-0.15, -0.1) is 0 Å². The molecule has 1 nitrogen and oxygen atoms in total. The minimum Gasteiger partial charge on any atom is -0.369 e. The highest BCUT2D eigenvalue weighted by molar-refractivity contribution is 4.80. The molecule has 0 rings (SSSR count). The lowest BCUT2D eigenvalue weighted by Gasteiger charge is -2.39. The van der Waals surface area contributed by atoms with Crippen molar-refractivity contribution in [2.75, 3.05) is 0 Å².